The second kappa shape index (κ2) is 3.61. The van der Waals surface area contributed by atoms with Gasteiger partial charge in [0.25, 0.3) is 0 Å². The normalized spacial score (nSPS) is 29.5. The molecule has 0 spiro atoms. The van der Waals surface area contributed by atoms with Crippen molar-refractivity contribution < 1.29 is 4.74 Å². The molecule has 0 radical (unpaired) electrons. The van der Waals surface area contributed by atoms with E-state index in [2.05, 4.69) is 14.9 Å². The molecule has 0 N–H and O–H groups in total. The van der Waals surface area contributed by atoms with E-state index < -0.39 is 0 Å². The molecule has 0 saturated carbocycles. The molecule has 2 unspecified atom stereocenters. The maximum atomic E-state index is 5.84. The number of fused-ring (bicyclic) bond motifs is 2. The van der Waals surface area contributed by atoms with Crippen molar-refractivity contribution in [1.29, 1.82) is 0 Å². The minimum Gasteiger partial charge on any atom is -0.371 e. The Bertz CT molecular complexity index is 361. The largest absolute Gasteiger partial charge is 0.371 e. The lowest BCUT2D eigenvalue weighted by atomic mass is 10.2. The number of halogens is 1. The molecule has 1 aromatic heterocycles. The van der Waals surface area contributed by atoms with Crippen molar-refractivity contribution in [1.82, 2.24) is 9.97 Å². The van der Waals surface area contributed by atoms with E-state index >= 15 is 0 Å². The summed E-state index contributed by atoms with van der Waals surface area (Å²) >= 11 is 5.84. The lowest BCUT2D eigenvalue weighted by Crippen LogP contribution is -2.43. The fourth-order valence-corrected chi connectivity index (χ4v) is 2.39. The lowest BCUT2D eigenvalue weighted by Gasteiger charge is -2.31. The molecule has 2 aliphatic rings. The number of hydrogen-bond donors (Lipinski definition) is 0. The Morgan fingerprint density at radius 3 is 2.73 bits per heavy atom. The molecule has 0 aromatic carbocycles. The first-order valence-electron chi connectivity index (χ1n) is 5.20. The van der Waals surface area contributed by atoms with Crippen LogP contribution in [0.3, 0.4) is 0 Å². The van der Waals surface area contributed by atoms with Gasteiger partial charge in [-0.05, 0) is 18.9 Å². The summed E-state index contributed by atoms with van der Waals surface area (Å²) in [5, 5.41) is 0.499. The summed E-state index contributed by atoms with van der Waals surface area (Å²) < 4.78 is 5.75. The standard InChI is InChI=1S/C10H12ClN3O/c11-9-3-4-12-10(13-9)14-5-7-1-2-8(6-14)15-7/h3-4,7-8H,1-2,5-6H2. The van der Waals surface area contributed by atoms with Crippen molar-refractivity contribution in [2.75, 3.05) is 18.0 Å². The predicted octanol–water partition coefficient (Wildman–Crippen LogP) is 1.50. The Kier molecular flexibility index (Phi) is 2.25. The SMILES string of the molecule is Clc1ccnc(N2CC3CCC(C2)O3)n1. The van der Waals surface area contributed by atoms with E-state index in [1.165, 1.54) is 0 Å². The first-order valence-corrected chi connectivity index (χ1v) is 5.58. The van der Waals surface area contributed by atoms with Gasteiger partial charge in [0.15, 0.2) is 0 Å². The quantitative estimate of drug-likeness (QED) is 0.679. The fraction of sp³-hybridized carbons (Fsp3) is 0.600. The third-order valence-corrected chi connectivity index (χ3v) is 3.15. The maximum absolute atomic E-state index is 5.84. The van der Waals surface area contributed by atoms with E-state index in [4.69, 9.17) is 16.3 Å². The van der Waals surface area contributed by atoms with Crippen LogP contribution in [0.15, 0.2) is 12.3 Å². The Morgan fingerprint density at radius 2 is 2.07 bits per heavy atom. The van der Waals surface area contributed by atoms with Gasteiger partial charge in [-0.1, -0.05) is 11.6 Å². The van der Waals surface area contributed by atoms with Crippen molar-refractivity contribution in [2.45, 2.75) is 25.0 Å². The van der Waals surface area contributed by atoms with E-state index in [1.807, 2.05) is 0 Å². The van der Waals surface area contributed by atoms with Crippen LogP contribution in [0.25, 0.3) is 0 Å². The van der Waals surface area contributed by atoms with Gasteiger partial charge >= 0.3 is 0 Å². The van der Waals surface area contributed by atoms with Crippen LogP contribution < -0.4 is 4.90 Å². The van der Waals surface area contributed by atoms with Gasteiger partial charge in [0.2, 0.25) is 5.95 Å². The molecule has 2 bridgehead atoms. The summed E-state index contributed by atoms with van der Waals surface area (Å²) in [4.78, 5) is 10.6. The summed E-state index contributed by atoms with van der Waals surface area (Å²) in [7, 11) is 0. The van der Waals surface area contributed by atoms with Crippen molar-refractivity contribution >= 4 is 17.5 Å². The van der Waals surface area contributed by atoms with Gasteiger partial charge in [-0.3, -0.25) is 0 Å². The van der Waals surface area contributed by atoms with Gasteiger partial charge in [0.1, 0.15) is 5.15 Å². The summed E-state index contributed by atoms with van der Waals surface area (Å²) in [6.07, 6.45) is 4.71. The molecule has 3 heterocycles. The van der Waals surface area contributed by atoms with Crippen LogP contribution in [0.2, 0.25) is 5.15 Å². The minimum absolute atomic E-state index is 0.353. The molecule has 15 heavy (non-hydrogen) atoms. The number of rotatable bonds is 1. The van der Waals surface area contributed by atoms with Crippen LogP contribution in [0.5, 0.6) is 0 Å². The average molecular weight is 226 g/mol. The van der Waals surface area contributed by atoms with E-state index in [9.17, 15) is 0 Å². The first-order chi connectivity index (χ1) is 7.31. The van der Waals surface area contributed by atoms with Crippen molar-refractivity contribution in [3.05, 3.63) is 17.4 Å². The fourth-order valence-electron chi connectivity index (χ4n) is 2.26. The van der Waals surface area contributed by atoms with Gasteiger partial charge in [-0.15, -0.1) is 0 Å². The zero-order valence-electron chi connectivity index (χ0n) is 8.27. The highest BCUT2D eigenvalue weighted by Gasteiger charge is 2.34. The topological polar surface area (TPSA) is 38.2 Å². The van der Waals surface area contributed by atoms with Gasteiger partial charge < -0.3 is 9.64 Å². The van der Waals surface area contributed by atoms with Crippen LogP contribution in [0, 0.1) is 0 Å². The van der Waals surface area contributed by atoms with E-state index in [-0.39, 0.29) is 0 Å². The Hall–Kier alpha value is -0.870. The molecule has 5 heteroatoms. The number of anilines is 1. The van der Waals surface area contributed by atoms with Crippen LogP contribution >= 0.6 is 11.6 Å². The summed E-state index contributed by atoms with van der Waals surface area (Å²) in [5.41, 5.74) is 0. The highest BCUT2D eigenvalue weighted by atomic mass is 35.5. The lowest BCUT2D eigenvalue weighted by molar-refractivity contribution is 0.0299. The van der Waals surface area contributed by atoms with E-state index in [0.717, 1.165) is 31.9 Å². The summed E-state index contributed by atoms with van der Waals surface area (Å²) in [6, 6.07) is 1.69. The van der Waals surface area contributed by atoms with Crippen LogP contribution in [-0.4, -0.2) is 35.3 Å². The molecular weight excluding hydrogens is 214 g/mol. The maximum Gasteiger partial charge on any atom is 0.226 e. The molecule has 80 valence electrons. The van der Waals surface area contributed by atoms with Crippen LogP contribution in [0.4, 0.5) is 5.95 Å². The molecule has 4 nitrogen and oxygen atoms in total. The second-order valence-electron chi connectivity index (χ2n) is 4.04. The monoisotopic (exact) mass is 225 g/mol. The van der Waals surface area contributed by atoms with Crippen molar-refractivity contribution in [2.24, 2.45) is 0 Å². The van der Waals surface area contributed by atoms with Crippen LogP contribution in [0.1, 0.15) is 12.8 Å². The second-order valence-corrected chi connectivity index (χ2v) is 4.43. The Morgan fingerprint density at radius 1 is 1.33 bits per heavy atom. The number of hydrogen-bond acceptors (Lipinski definition) is 4. The predicted molar refractivity (Wildman–Crippen MR) is 57.2 cm³/mol. The number of morpholine rings is 1. The summed E-state index contributed by atoms with van der Waals surface area (Å²) in [6.45, 7) is 1.77. The highest BCUT2D eigenvalue weighted by molar-refractivity contribution is 6.29. The molecule has 2 fully saturated rings. The molecule has 1 aromatic rings. The number of aromatic nitrogens is 2. The third kappa shape index (κ3) is 1.79. The molecule has 2 aliphatic heterocycles. The highest BCUT2D eigenvalue weighted by Crippen LogP contribution is 2.28. The molecule has 2 atom stereocenters. The molecular formula is C10H12ClN3O. The van der Waals surface area contributed by atoms with Crippen LogP contribution in [-0.2, 0) is 4.74 Å². The third-order valence-electron chi connectivity index (χ3n) is 2.94. The molecule has 3 rings (SSSR count). The average Bonchev–Trinajstić information content (AvgIpc) is 2.58. The van der Waals surface area contributed by atoms with Gasteiger partial charge in [0, 0.05) is 19.3 Å². The van der Waals surface area contributed by atoms with Gasteiger partial charge in [0.05, 0.1) is 12.2 Å². The number of nitrogens with zero attached hydrogens (tertiary/aromatic N) is 3. The van der Waals surface area contributed by atoms with Gasteiger partial charge in [-0.2, -0.15) is 0 Å². The first kappa shape index (κ1) is 9.36. The molecule has 0 amide bonds. The zero-order valence-corrected chi connectivity index (χ0v) is 9.02. The Balaban J connectivity index is 1.83. The minimum atomic E-state index is 0.353. The smallest absolute Gasteiger partial charge is 0.226 e. The van der Waals surface area contributed by atoms with Gasteiger partial charge in [-0.25, -0.2) is 9.97 Å². The molecule has 0 aliphatic carbocycles. The van der Waals surface area contributed by atoms with E-state index in [0.29, 0.717) is 17.4 Å². The molecule has 2 saturated heterocycles. The van der Waals surface area contributed by atoms with Crippen molar-refractivity contribution in [3.63, 3.8) is 0 Å². The number of ether oxygens (including phenoxy) is 1. The van der Waals surface area contributed by atoms with E-state index in [1.54, 1.807) is 12.3 Å². The Labute approximate surface area is 93.2 Å². The van der Waals surface area contributed by atoms with Crippen molar-refractivity contribution in [3.8, 4) is 0 Å². The summed E-state index contributed by atoms with van der Waals surface area (Å²) in [5.74, 6) is 0.725. The zero-order chi connectivity index (χ0) is 10.3.